The van der Waals surface area contributed by atoms with Crippen LogP contribution in [0.2, 0.25) is 0 Å². The van der Waals surface area contributed by atoms with Crippen LogP contribution in [-0.2, 0) is 19.1 Å². The van der Waals surface area contributed by atoms with E-state index in [2.05, 4.69) is 25.6 Å². The van der Waals surface area contributed by atoms with Crippen LogP contribution in [0.25, 0.3) is 33.4 Å². The Hall–Kier alpha value is -5.91. The molecule has 0 saturated carbocycles. The van der Waals surface area contributed by atoms with Crippen molar-refractivity contribution in [3.05, 3.63) is 96.4 Å². The minimum Gasteiger partial charge on any atom is -0.444 e. The summed E-state index contributed by atoms with van der Waals surface area (Å²) >= 11 is 0. The molecule has 5 aromatic rings. The molecule has 274 valence electrons. The molecule has 2 saturated heterocycles. The van der Waals surface area contributed by atoms with Crippen LogP contribution in [0.4, 0.5) is 10.5 Å². The Bertz CT molecular complexity index is 2130. The van der Waals surface area contributed by atoms with Crippen LogP contribution in [-0.4, -0.2) is 73.3 Å². The molecule has 3 aromatic carbocycles. The molecule has 4 N–H and O–H groups in total. The van der Waals surface area contributed by atoms with Crippen molar-refractivity contribution in [2.75, 3.05) is 18.4 Å². The van der Waals surface area contributed by atoms with Gasteiger partial charge in [-0.2, -0.15) is 0 Å². The molecule has 2 aliphatic rings. The van der Waals surface area contributed by atoms with Gasteiger partial charge in [-0.1, -0.05) is 54.6 Å². The molecule has 4 heterocycles. The van der Waals surface area contributed by atoms with Gasteiger partial charge < -0.3 is 35.1 Å². The number of carbonyl (C=O) groups excluding carboxylic acids is 4. The van der Waals surface area contributed by atoms with Gasteiger partial charge in [0.15, 0.2) is 0 Å². The van der Waals surface area contributed by atoms with E-state index in [1.807, 2.05) is 65.7 Å². The van der Waals surface area contributed by atoms with E-state index >= 15 is 0 Å². The number of H-pyrrole nitrogens is 2. The molecular formula is C41H45N7O5. The van der Waals surface area contributed by atoms with Gasteiger partial charge in [-0.3, -0.25) is 14.4 Å². The van der Waals surface area contributed by atoms with E-state index in [1.54, 1.807) is 56.9 Å². The van der Waals surface area contributed by atoms with Gasteiger partial charge in [-0.25, -0.2) is 9.78 Å². The minimum absolute atomic E-state index is 0.0127. The zero-order valence-corrected chi connectivity index (χ0v) is 30.4. The lowest BCUT2D eigenvalue weighted by atomic mass is 10.0. The number of aromatic amines is 2. The second-order valence-corrected chi connectivity index (χ2v) is 14.8. The number of imidazole rings is 1. The summed E-state index contributed by atoms with van der Waals surface area (Å²) in [6, 6.07) is 23.2. The smallest absolute Gasteiger partial charge is 0.408 e. The highest BCUT2D eigenvalue weighted by Crippen LogP contribution is 2.33. The molecular weight excluding hydrogens is 670 g/mol. The molecule has 12 nitrogen and oxygen atoms in total. The number of anilines is 1. The molecule has 12 heteroatoms. The predicted octanol–water partition coefficient (Wildman–Crippen LogP) is 7.10. The van der Waals surface area contributed by atoms with Crippen LogP contribution in [0.1, 0.15) is 76.8 Å². The molecule has 0 radical (unpaired) electrons. The number of ether oxygens (including phenoxy) is 1. The highest BCUT2D eigenvalue weighted by atomic mass is 16.6. The summed E-state index contributed by atoms with van der Waals surface area (Å²) in [4.78, 5) is 67.4. The number of hydrogen-bond acceptors (Lipinski definition) is 6. The third kappa shape index (κ3) is 7.81. The average molecular weight is 716 g/mol. The Morgan fingerprint density at radius 1 is 0.849 bits per heavy atom. The summed E-state index contributed by atoms with van der Waals surface area (Å²) < 4.78 is 5.45. The molecule has 0 spiro atoms. The van der Waals surface area contributed by atoms with Crippen molar-refractivity contribution >= 4 is 40.4 Å². The third-order valence-corrected chi connectivity index (χ3v) is 9.84. The molecule has 0 unspecified atom stereocenters. The Balaban J connectivity index is 1.03. The van der Waals surface area contributed by atoms with Crippen LogP contribution in [0.5, 0.6) is 0 Å². The maximum Gasteiger partial charge on any atom is 0.408 e. The van der Waals surface area contributed by atoms with Crippen molar-refractivity contribution < 1.29 is 23.9 Å². The quantitative estimate of drug-likeness (QED) is 0.134. The summed E-state index contributed by atoms with van der Waals surface area (Å²) in [6.45, 7) is 8.04. The van der Waals surface area contributed by atoms with Crippen LogP contribution in [0, 0.1) is 0 Å². The van der Waals surface area contributed by atoms with E-state index in [0.29, 0.717) is 30.6 Å². The second-order valence-electron chi connectivity index (χ2n) is 14.8. The van der Waals surface area contributed by atoms with Gasteiger partial charge >= 0.3 is 6.09 Å². The lowest BCUT2D eigenvalue weighted by molar-refractivity contribution is -0.138. The van der Waals surface area contributed by atoms with Gasteiger partial charge in [0.25, 0.3) is 5.91 Å². The number of nitrogens with one attached hydrogen (secondary N) is 4. The Kier molecular flexibility index (Phi) is 9.78. The lowest BCUT2D eigenvalue weighted by Gasteiger charge is -2.29. The fraction of sp³-hybridized carbons (Fsp3) is 0.341. The first kappa shape index (κ1) is 35.5. The minimum atomic E-state index is -1.00. The van der Waals surface area contributed by atoms with Crippen molar-refractivity contribution in [3.8, 4) is 22.5 Å². The Labute approximate surface area is 308 Å². The van der Waals surface area contributed by atoms with Crippen molar-refractivity contribution in [1.82, 2.24) is 30.1 Å². The topological polar surface area (TPSA) is 153 Å². The number of aromatic nitrogens is 3. The number of fused-ring (bicyclic) bond motifs is 1. The summed E-state index contributed by atoms with van der Waals surface area (Å²) in [6.07, 6.45) is 4.17. The number of carbonyl (C=O) groups is 4. The summed E-state index contributed by atoms with van der Waals surface area (Å²) in [5, 5.41) is 6.69. The monoisotopic (exact) mass is 715 g/mol. The number of amides is 4. The van der Waals surface area contributed by atoms with Crippen LogP contribution in [0.15, 0.2) is 85.1 Å². The normalized spacial score (nSPS) is 17.9. The zero-order valence-electron chi connectivity index (χ0n) is 30.4. The maximum absolute atomic E-state index is 14.0. The number of nitrogens with zero attached hydrogens (tertiary/aromatic N) is 3. The number of alkyl carbamates (subject to hydrolysis) is 1. The van der Waals surface area contributed by atoms with Gasteiger partial charge in [0.2, 0.25) is 11.8 Å². The second kappa shape index (κ2) is 14.6. The maximum atomic E-state index is 14.0. The van der Waals surface area contributed by atoms with Gasteiger partial charge in [-0.15, -0.1) is 0 Å². The first-order valence-corrected chi connectivity index (χ1v) is 18.1. The molecule has 2 aliphatic heterocycles. The molecule has 4 amide bonds. The molecule has 7 rings (SSSR count). The highest BCUT2D eigenvalue weighted by molar-refractivity contribution is 6.00. The van der Waals surface area contributed by atoms with E-state index < -0.39 is 23.8 Å². The molecule has 2 aromatic heterocycles. The fourth-order valence-corrected chi connectivity index (χ4v) is 7.33. The SMILES string of the molecule is CC(=O)N1CCC[C@H]1c1ncc(-c2ccc(-c3cc4cc(NC(=O)[C@@H]5CCCN5C(=O)[C@H](NC(=O)OC(C)(C)C)c5ccccc5)ccc4[nH]3)cc2)[nH]1. The van der Waals surface area contributed by atoms with E-state index in [1.165, 1.54) is 0 Å². The summed E-state index contributed by atoms with van der Waals surface area (Å²) in [5.74, 6) is 0.236. The van der Waals surface area contributed by atoms with Crippen molar-refractivity contribution in [2.24, 2.45) is 0 Å². The lowest BCUT2D eigenvalue weighted by Crippen LogP contribution is -2.49. The molecule has 0 aliphatic carbocycles. The van der Waals surface area contributed by atoms with Crippen LogP contribution >= 0.6 is 0 Å². The summed E-state index contributed by atoms with van der Waals surface area (Å²) in [5.41, 5.74) is 5.24. The number of hydrogen-bond donors (Lipinski definition) is 4. The first-order valence-electron chi connectivity index (χ1n) is 18.1. The predicted molar refractivity (Wildman–Crippen MR) is 203 cm³/mol. The highest BCUT2D eigenvalue weighted by Gasteiger charge is 2.39. The van der Waals surface area contributed by atoms with Crippen molar-refractivity contribution in [3.63, 3.8) is 0 Å². The van der Waals surface area contributed by atoms with E-state index in [9.17, 15) is 19.2 Å². The van der Waals surface area contributed by atoms with E-state index in [0.717, 1.165) is 58.6 Å². The fourth-order valence-electron chi connectivity index (χ4n) is 7.33. The molecule has 0 bridgehead atoms. The molecule has 3 atom stereocenters. The largest absolute Gasteiger partial charge is 0.444 e. The van der Waals surface area contributed by atoms with Crippen molar-refractivity contribution in [1.29, 1.82) is 0 Å². The molecule has 53 heavy (non-hydrogen) atoms. The van der Waals surface area contributed by atoms with Crippen LogP contribution < -0.4 is 10.6 Å². The summed E-state index contributed by atoms with van der Waals surface area (Å²) in [7, 11) is 0. The molecule has 2 fully saturated rings. The van der Waals surface area contributed by atoms with Crippen LogP contribution in [0.3, 0.4) is 0 Å². The van der Waals surface area contributed by atoms with Gasteiger partial charge in [0.1, 0.15) is 23.5 Å². The first-order chi connectivity index (χ1) is 25.4. The zero-order chi connectivity index (χ0) is 37.3. The van der Waals surface area contributed by atoms with Gasteiger partial charge in [-0.05, 0) is 87.4 Å². The number of rotatable bonds is 8. The Morgan fingerprint density at radius 2 is 1.55 bits per heavy atom. The van der Waals surface area contributed by atoms with Gasteiger partial charge in [0.05, 0.1) is 17.9 Å². The standard InChI is InChI=1S/C41H45N7O5/c1-25(49)47-20-8-12-34(47)37-42-24-33(45-37)27-16-14-26(15-17-27)32-23-29-22-30(18-19-31(29)44-32)43-38(50)35-13-9-21-48(35)39(51)36(28-10-6-5-7-11-28)46-40(52)53-41(2,3)4/h5-7,10-11,14-19,22-24,34-36,44H,8-9,12-13,20-21H2,1-4H3,(H,42,45)(H,43,50)(H,46,52)/t34-,35-,36+/m0/s1. The van der Waals surface area contributed by atoms with Crippen molar-refractivity contribution in [2.45, 2.75) is 77.1 Å². The average Bonchev–Trinajstić information content (AvgIpc) is 3.96. The number of likely N-dealkylation sites (tertiary alicyclic amines) is 2. The van der Waals surface area contributed by atoms with E-state index in [-0.39, 0.29) is 23.8 Å². The van der Waals surface area contributed by atoms with E-state index in [4.69, 9.17) is 4.74 Å². The number of benzene rings is 3. The van der Waals surface area contributed by atoms with Gasteiger partial charge in [0, 0.05) is 42.3 Å². The third-order valence-electron chi connectivity index (χ3n) is 9.84. The Morgan fingerprint density at radius 3 is 2.26 bits per heavy atom.